The Bertz CT molecular complexity index is 1300. The first-order chi connectivity index (χ1) is 15.3. The molecule has 1 fully saturated rings. The molecule has 4 rings (SSSR count). The van der Waals surface area contributed by atoms with E-state index in [1.54, 1.807) is 30.3 Å². The van der Waals surface area contributed by atoms with Crippen LogP contribution in [0.3, 0.4) is 0 Å². The van der Waals surface area contributed by atoms with Gasteiger partial charge in [0.2, 0.25) is 0 Å². The minimum atomic E-state index is -0.531. The molecule has 0 unspecified atom stereocenters. The van der Waals surface area contributed by atoms with Crippen LogP contribution in [0.15, 0.2) is 64.6 Å². The number of carbonyl (C=O) groups is 2. The van der Waals surface area contributed by atoms with Crippen LogP contribution in [0.25, 0.3) is 11.8 Å². The van der Waals surface area contributed by atoms with Gasteiger partial charge in [0.15, 0.2) is 5.11 Å². The van der Waals surface area contributed by atoms with Crippen molar-refractivity contribution in [3.63, 3.8) is 0 Å². The van der Waals surface area contributed by atoms with Gasteiger partial charge in [-0.1, -0.05) is 24.3 Å². The largest absolute Gasteiger partial charge is 0.495 e. The fourth-order valence-corrected chi connectivity index (χ4v) is 4.52. The second kappa shape index (κ2) is 8.72. The van der Waals surface area contributed by atoms with Gasteiger partial charge in [-0.15, -0.1) is 0 Å². The van der Waals surface area contributed by atoms with Crippen LogP contribution >= 0.6 is 28.1 Å². The molecule has 1 aliphatic heterocycles. The predicted molar refractivity (Wildman–Crippen MR) is 132 cm³/mol. The van der Waals surface area contributed by atoms with Crippen LogP contribution in [0.2, 0.25) is 0 Å². The van der Waals surface area contributed by atoms with E-state index in [2.05, 4.69) is 25.8 Å². The van der Waals surface area contributed by atoms with Gasteiger partial charge in [-0.3, -0.25) is 14.9 Å². The fraction of sp³-hybridized carbons (Fsp3) is 0.125. The second-order valence-corrected chi connectivity index (χ2v) is 8.48. The third-order valence-electron chi connectivity index (χ3n) is 5.29. The number of aromatic nitrogens is 1. The number of nitrogens with one attached hydrogen (secondary N) is 1. The first kappa shape index (κ1) is 22.0. The molecule has 2 amide bonds. The van der Waals surface area contributed by atoms with Crippen LogP contribution in [0.4, 0.5) is 5.69 Å². The average Bonchev–Trinajstić information content (AvgIpc) is 3.04. The standard InChI is InChI=1S/C24H20BrN3O3S/c1-14-12-16(15(2)27(14)19-9-5-4-8-18(19)25)13-17-22(29)26-24(32)28(23(17)30)20-10-6-7-11-21(20)31-3/h4-13H,1-3H3,(H,26,29,32)/b17-13+. The number of rotatable bonds is 4. The number of thiocarbonyl (C=S) groups is 1. The highest BCUT2D eigenvalue weighted by atomic mass is 79.9. The molecule has 0 aliphatic carbocycles. The lowest BCUT2D eigenvalue weighted by molar-refractivity contribution is -0.122. The fourth-order valence-electron chi connectivity index (χ4n) is 3.78. The summed E-state index contributed by atoms with van der Waals surface area (Å²) >= 11 is 8.89. The van der Waals surface area contributed by atoms with Gasteiger partial charge >= 0.3 is 0 Å². The van der Waals surface area contributed by atoms with Gasteiger partial charge in [0.05, 0.1) is 18.5 Å². The number of amides is 2. The monoisotopic (exact) mass is 509 g/mol. The molecule has 1 aliphatic rings. The highest BCUT2D eigenvalue weighted by molar-refractivity contribution is 9.10. The van der Waals surface area contributed by atoms with Crippen LogP contribution in [0.1, 0.15) is 17.0 Å². The van der Waals surface area contributed by atoms with E-state index in [0.717, 1.165) is 27.1 Å². The van der Waals surface area contributed by atoms with Crippen molar-refractivity contribution >= 4 is 56.8 Å². The third kappa shape index (κ3) is 3.76. The zero-order valence-corrected chi connectivity index (χ0v) is 20.1. The Labute approximate surface area is 199 Å². The summed E-state index contributed by atoms with van der Waals surface area (Å²) in [6.07, 6.45) is 1.61. The molecule has 1 N–H and O–H groups in total. The molecule has 6 nitrogen and oxygen atoms in total. The molecule has 1 aromatic heterocycles. The maximum absolute atomic E-state index is 13.4. The number of carbonyl (C=O) groups excluding carboxylic acids is 2. The number of aryl methyl sites for hydroxylation is 1. The first-order valence-corrected chi connectivity index (χ1v) is 11.0. The molecule has 32 heavy (non-hydrogen) atoms. The van der Waals surface area contributed by atoms with E-state index in [1.807, 2.05) is 44.2 Å². The van der Waals surface area contributed by atoms with E-state index in [9.17, 15) is 9.59 Å². The minimum Gasteiger partial charge on any atom is -0.495 e. The Morgan fingerprint density at radius 3 is 2.38 bits per heavy atom. The van der Waals surface area contributed by atoms with E-state index >= 15 is 0 Å². The van der Waals surface area contributed by atoms with Crippen LogP contribution in [0, 0.1) is 13.8 Å². The van der Waals surface area contributed by atoms with Gasteiger partial charge in [0, 0.05) is 15.9 Å². The van der Waals surface area contributed by atoms with Crippen molar-refractivity contribution in [3.8, 4) is 11.4 Å². The van der Waals surface area contributed by atoms with E-state index in [0.29, 0.717) is 11.4 Å². The zero-order valence-electron chi connectivity index (χ0n) is 17.7. The Morgan fingerprint density at radius 1 is 1.03 bits per heavy atom. The number of hydrogen-bond donors (Lipinski definition) is 1. The van der Waals surface area contributed by atoms with E-state index < -0.39 is 11.8 Å². The van der Waals surface area contributed by atoms with Crippen molar-refractivity contribution in [2.75, 3.05) is 12.0 Å². The van der Waals surface area contributed by atoms with Gasteiger partial charge in [-0.2, -0.15) is 0 Å². The Balaban J connectivity index is 1.80. The lowest BCUT2D eigenvalue weighted by atomic mass is 10.1. The molecule has 162 valence electrons. The summed E-state index contributed by atoms with van der Waals surface area (Å²) < 4.78 is 8.40. The van der Waals surface area contributed by atoms with Crippen molar-refractivity contribution in [1.82, 2.24) is 9.88 Å². The highest BCUT2D eigenvalue weighted by Crippen LogP contribution is 2.32. The smallest absolute Gasteiger partial charge is 0.270 e. The van der Waals surface area contributed by atoms with Crippen molar-refractivity contribution in [2.24, 2.45) is 0 Å². The SMILES string of the molecule is COc1ccccc1N1C(=O)/C(=C/c2cc(C)n(-c3ccccc3Br)c2C)C(=O)NC1=S. The summed E-state index contributed by atoms with van der Waals surface area (Å²) in [5.41, 5.74) is 4.08. The molecule has 0 saturated carbocycles. The molecule has 3 aromatic rings. The minimum absolute atomic E-state index is 0.00289. The second-order valence-electron chi connectivity index (χ2n) is 7.24. The molecule has 8 heteroatoms. The van der Waals surface area contributed by atoms with E-state index in [-0.39, 0.29) is 10.7 Å². The number of methoxy groups -OCH3 is 1. The summed E-state index contributed by atoms with van der Waals surface area (Å²) in [4.78, 5) is 27.4. The van der Waals surface area contributed by atoms with Crippen LogP contribution < -0.4 is 15.0 Å². The van der Waals surface area contributed by atoms with Crippen LogP contribution in [0.5, 0.6) is 5.75 Å². The molecule has 0 spiro atoms. The molecule has 0 bridgehead atoms. The van der Waals surface area contributed by atoms with Gasteiger partial charge in [-0.05, 0) is 84.0 Å². The molecular formula is C24H20BrN3O3S. The Morgan fingerprint density at radius 2 is 1.69 bits per heavy atom. The third-order valence-corrected chi connectivity index (χ3v) is 6.25. The number of para-hydroxylation sites is 3. The van der Waals surface area contributed by atoms with E-state index in [1.165, 1.54) is 12.0 Å². The van der Waals surface area contributed by atoms with Crippen molar-refractivity contribution in [1.29, 1.82) is 0 Å². The Hall–Kier alpha value is -3.23. The summed E-state index contributed by atoms with van der Waals surface area (Å²) in [5.74, 6) is -0.559. The molecule has 1 saturated heterocycles. The maximum Gasteiger partial charge on any atom is 0.270 e. The maximum atomic E-state index is 13.4. The van der Waals surface area contributed by atoms with Crippen molar-refractivity contribution in [3.05, 3.63) is 81.6 Å². The lowest BCUT2D eigenvalue weighted by Crippen LogP contribution is -2.54. The van der Waals surface area contributed by atoms with Gasteiger partial charge < -0.3 is 9.30 Å². The van der Waals surface area contributed by atoms with Crippen molar-refractivity contribution in [2.45, 2.75) is 13.8 Å². The number of hydrogen-bond acceptors (Lipinski definition) is 4. The summed E-state index contributed by atoms with van der Waals surface area (Å²) in [7, 11) is 1.52. The summed E-state index contributed by atoms with van der Waals surface area (Å²) in [6.45, 7) is 3.93. The molecular weight excluding hydrogens is 490 g/mol. The van der Waals surface area contributed by atoms with Gasteiger partial charge in [0.1, 0.15) is 11.3 Å². The number of halogens is 1. The lowest BCUT2D eigenvalue weighted by Gasteiger charge is -2.29. The van der Waals surface area contributed by atoms with Gasteiger partial charge in [0.25, 0.3) is 11.8 Å². The quantitative estimate of drug-likeness (QED) is 0.314. The van der Waals surface area contributed by atoms with Crippen molar-refractivity contribution < 1.29 is 14.3 Å². The number of nitrogens with zero attached hydrogens (tertiary/aromatic N) is 2. The molecule has 0 radical (unpaired) electrons. The topological polar surface area (TPSA) is 63.6 Å². The van der Waals surface area contributed by atoms with Gasteiger partial charge in [-0.25, -0.2) is 4.90 Å². The molecule has 2 aromatic carbocycles. The predicted octanol–water partition coefficient (Wildman–Crippen LogP) is 4.70. The average molecular weight is 510 g/mol. The Kier molecular flexibility index (Phi) is 5.99. The van der Waals surface area contributed by atoms with Crippen LogP contribution in [-0.4, -0.2) is 28.6 Å². The zero-order chi connectivity index (χ0) is 23.0. The number of ether oxygens (including phenoxy) is 1. The first-order valence-electron chi connectivity index (χ1n) is 9.81. The normalized spacial score (nSPS) is 15.3. The summed E-state index contributed by atoms with van der Waals surface area (Å²) in [5, 5.41) is 2.64. The molecule has 0 atom stereocenters. The van der Waals surface area contributed by atoms with Crippen LogP contribution in [-0.2, 0) is 9.59 Å². The molecule has 2 heterocycles. The highest BCUT2D eigenvalue weighted by Gasteiger charge is 2.36. The number of benzene rings is 2. The number of anilines is 1. The summed E-state index contributed by atoms with van der Waals surface area (Å²) in [6, 6.07) is 16.9. The van der Waals surface area contributed by atoms with E-state index in [4.69, 9.17) is 17.0 Å².